The average molecular weight is 417 g/mol. The van der Waals surface area contributed by atoms with Crippen molar-refractivity contribution < 1.29 is 19.1 Å². The molecule has 1 aromatic carbocycles. The first-order chi connectivity index (χ1) is 14.5. The highest BCUT2D eigenvalue weighted by atomic mass is 16.5. The summed E-state index contributed by atoms with van der Waals surface area (Å²) in [6.07, 6.45) is 5.89. The van der Waals surface area contributed by atoms with Crippen molar-refractivity contribution in [3.05, 3.63) is 35.4 Å². The Balaban J connectivity index is 1.89. The summed E-state index contributed by atoms with van der Waals surface area (Å²) in [5.74, 6) is -0.308. The minimum absolute atomic E-state index is 0.0174. The van der Waals surface area contributed by atoms with Gasteiger partial charge in [0.2, 0.25) is 5.91 Å². The topological polar surface area (TPSA) is 67.9 Å². The summed E-state index contributed by atoms with van der Waals surface area (Å²) in [7, 11) is 1.65. The monoisotopic (exact) mass is 416 g/mol. The zero-order valence-electron chi connectivity index (χ0n) is 18.6. The van der Waals surface area contributed by atoms with Crippen molar-refractivity contribution >= 4 is 11.8 Å². The summed E-state index contributed by atoms with van der Waals surface area (Å²) >= 11 is 0. The van der Waals surface area contributed by atoms with E-state index in [9.17, 15) is 9.59 Å². The highest BCUT2D eigenvalue weighted by molar-refractivity contribution is 6.02. The van der Waals surface area contributed by atoms with Crippen molar-refractivity contribution in [1.29, 1.82) is 0 Å². The number of nitrogens with one attached hydrogen (secondary N) is 1. The van der Waals surface area contributed by atoms with Gasteiger partial charge in [0, 0.05) is 32.4 Å². The van der Waals surface area contributed by atoms with E-state index in [1.54, 1.807) is 7.11 Å². The minimum Gasteiger partial charge on any atom is -0.383 e. The molecule has 30 heavy (non-hydrogen) atoms. The molecular formula is C24H36N2O4. The van der Waals surface area contributed by atoms with E-state index in [4.69, 9.17) is 9.47 Å². The van der Waals surface area contributed by atoms with Gasteiger partial charge in [0.05, 0.1) is 24.2 Å². The van der Waals surface area contributed by atoms with Crippen molar-refractivity contribution in [2.24, 2.45) is 0 Å². The molecular weight excluding hydrogens is 380 g/mol. The lowest BCUT2D eigenvalue weighted by atomic mass is 9.65. The maximum atomic E-state index is 13.5. The summed E-state index contributed by atoms with van der Waals surface area (Å²) in [5.41, 5.74) is 1.04. The average Bonchev–Trinajstić information content (AvgIpc) is 2.74. The van der Waals surface area contributed by atoms with Crippen LogP contribution in [-0.4, -0.2) is 61.8 Å². The third-order valence-corrected chi connectivity index (χ3v) is 6.39. The van der Waals surface area contributed by atoms with Crippen LogP contribution < -0.4 is 5.32 Å². The second-order valence-corrected chi connectivity index (χ2v) is 8.70. The van der Waals surface area contributed by atoms with E-state index in [0.29, 0.717) is 31.9 Å². The van der Waals surface area contributed by atoms with E-state index in [0.717, 1.165) is 44.1 Å². The van der Waals surface area contributed by atoms with Crippen LogP contribution in [0, 0.1) is 0 Å². The number of methoxy groups -OCH3 is 1. The SMILES string of the molecule is COCCN1C(=O)c2ccccc2C(C(=O)NCCCOC(C)C)C12CCCCC2. The number of ether oxygens (including phenoxy) is 2. The summed E-state index contributed by atoms with van der Waals surface area (Å²) < 4.78 is 10.9. The van der Waals surface area contributed by atoms with Gasteiger partial charge < -0.3 is 19.7 Å². The molecule has 1 saturated carbocycles. The summed E-state index contributed by atoms with van der Waals surface area (Å²) in [5, 5.41) is 3.14. The first kappa shape index (κ1) is 22.8. The van der Waals surface area contributed by atoms with E-state index < -0.39 is 5.54 Å². The standard InChI is InChI=1S/C24H36N2O4/c1-18(2)30-16-9-14-25-22(27)21-19-10-5-6-11-20(19)23(28)26(15-17-29-3)24(21)12-7-4-8-13-24/h5-6,10-11,18,21H,4,7-9,12-17H2,1-3H3,(H,25,27). The van der Waals surface area contributed by atoms with Gasteiger partial charge in [0.15, 0.2) is 0 Å². The molecule has 0 radical (unpaired) electrons. The summed E-state index contributed by atoms with van der Waals surface area (Å²) in [6.45, 7) is 6.20. The highest BCUT2D eigenvalue weighted by Gasteiger charge is 2.54. The van der Waals surface area contributed by atoms with E-state index in [-0.39, 0.29) is 23.8 Å². The third kappa shape index (κ3) is 4.70. The van der Waals surface area contributed by atoms with Gasteiger partial charge in [-0.2, -0.15) is 0 Å². The Morgan fingerprint density at radius 3 is 2.63 bits per heavy atom. The third-order valence-electron chi connectivity index (χ3n) is 6.39. The van der Waals surface area contributed by atoms with Gasteiger partial charge in [-0.25, -0.2) is 0 Å². The van der Waals surface area contributed by atoms with Gasteiger partial charge >= 0.3 is 0 Å². The fourth-order valence-corrected chi connectivity index (χ4v) is 5.06. The van der Waals surface area contributed by atoms with Crippen LogP contribution in [0.2, 0.25) is 0 Å². The molecule has 0 aromatic heterocycles. The second kappa shape index (κ2) is 10.4. The molecule has 6 nitrogen and oxygen atoms in total. The maximum Gasteiger partial charge on any atom is 0.254 e. The van der Waals surface area contributed by atoms with E-state index in [1.807, 2.05) is 43.0 Å². The first-order valence-corrected chi connectivity index (χ1v) is 11.3. The van der Waals surface area contributed by atoms with Crippen LogP contribution in [0.3, 0.4) is 0 Å². The fourth-order valence-electron chi connectivity index (χ4n) is 5.06. The lowest BCUT2D eigenvalue weighted by Gasteiger charge is -2.53. The van der Waals surface area contributed by atoms with Crippen LogP contribution in [-0.2, 0) is 14.3 Å². The van der Waals surface area contributed by atoms with Gasteiger partial charge in [-0.1, -0.05) is 37.5 Å². The van der Waals surface area contributed by atoms with Crippen molar-refractivity contribution in [3.63, 3.8) is 0 Å². The lowest BCUT2D eigenvalue weighted by molar-refractivity contribution is -0.127. The van der Waals surface area contributed by atoms with E-state index in [1.165, 1.54) is 0 Å². The zero-order chi connectivity index (χ0) is 21.6. The summed E-state index contributed by atoms with van der Waals surface area (Å²) in [6, 6.07) is 7.62. The molecule has 1 fully saturated rings. The van der Waals surface area contributed by atoms with Crippen molar-refractivity contribution in [2.45, 2.75) is 69.9 Å². The van der Waals surface area contributed by atoms with Crippen LogP contribution in [0.5, 0.6) is 0 Å². The number of fused-ring (bicyclic) bond motifs is 1. The molecule has 1 aliphatic carbocycles. The normalized spacial score (nSPS) is 20.5. The van der Waals surface area contributed by atoms with Crippen LogP contribution >= 0.6 is 0 Å². The first-order valence-electron chi connectivity index (χ1n) is 11.3. The maximum absolute atomic E-state index is 13.5. The Bertz CT molecular complexity index is 728. The summed E-state index contributed by atoms with van der Waals surface area (Å²) in [4.78, 5) is 28.9. The zero-order valence-corrected chi connectivity index (χ0v) is 18.6. The molecule has 0 saturated heterocycles. The van der Waals surface area contributed by atoms with E-state index >= 15 is 0 Å². The number of carbonyl (C=O) groups is 2. The number of nitrogens with zero attached hydrogens (tertiary/aromatic N) is 1. The molecule has 1 atom stereocenters. The molecule has 0 bridgehead atoms. The lowest BCUT2D eigenvalue weighted by Crippen LogP contribution is -2.63. The van der Waals surface area contributed by atoms with E-state index in [2.05, 4.69) is 5.32 Å². The van der Waals surface area contributed by atoms with Crippen molar-refractivity contribution in [2.75, 3.05) is 33.4 Å². The van der Waals surface area contributed by atoms with Gasteiger partial charge in [0.25, 0.3) is 5.91 Å². The van der Waals surface area contributed by atoms with Crippen molar-refractivity contribution in [1.82, 2.24) is 10.2 Å². The smallest absolute Gasteiger partial charge is 0.254 e. The van der Waals surface area contributed by atoms with Gasteiger partial charge in [-0.05, 0) is 44.7 Å². The number of hydrogen-bond donors (Lipinski definition) is 1. The van der Waals surface area contributed by atoms with Crippen LogP contribution in [0.15, 0.2) is 24.3 Å². The number of benzene rings is 1. The largest absolute Gasteiger partial charge is 0.383 e. The fraction of sp³-hybridized carbons (Fsp3) is 0.667. The molecule has 1 spiro atoms. The van der Waals surface area contributed by atoms with Crippen molar-refractivity contribution in [3.8, 4) is 0 Å². The number of rotatable bonds is 9. The minimum atomic E-state index is -0.471. The molecule has 2 amide bonds. The molecule has 3 rings (SSSR count). The Kier molecular flexibility index (Phi) is 7.89. The second-order valence-electron chi connectivity index (χ2n) is 8.70. The molecule has 1 unspecified atom stereocenters. The Morgan fingerprint density at radius 2 is 1.93 bits per heavy atom. The van der Waals surface area contributed by atoms with Crippen LogP contribution in [0.1, 0.15) is 74.2 Å². The number of amides is 2. The quantitative estimate of drug-likeness (QED) is 0.626. The van der Waals surface area contributed by atoms with Crippen LogP contribution in [0.4, 0.5) is 0 Å². The Labute approximate surface area is 180 Å². The predicted octanol–water partition coefficient (Wildman–Crippen LogP) is 3.51. The van der Waals surface area contributed by atoms with Gasteiger partial charge in [-0.3, -0.25) is 9.59 Å². The molecule has 1 aliphatic heterocycles. The number of hydrogen-bond acceptors (Lipinski definition) is 4. The Hall–Kier alpha value is -1.92. The van der Waals surface area contributed by atoms with Crippen LogP contribution in [0.25, 0.3) is 0 Å². The molecule has 1 aromatic rings. The molecule has 1 heterocycles. The molecule has 2 aliphatic rings. The molecule has 166 valence electrons. The highest BCUT2D eigenvalue weighted by Crippen LogP contribution is 2.49. The van der Waals surface area contributed by atoms with Gasteiger partial charge in [-0.15, -0.1) is 0 Å². The molecule has 6 heteroatoms. The predicted molar refractivity (Wildman–Crippen MR) is 117 cm³/mol. The Morgan fingerprint density at radius 1 is 1.20 bits per heavy atom. The van der Waals surface area contributed by atoms with Gasteiger partial charge in [0.1, 0.15) is 0 Å². The molecule has 1 N–H and O–H groups in total. The number of carbonyl (C=O) groups excluding carboxylic acids is 2.